The van der Waals surface area contributed by atoms with Gasteiger partial charge >= 0.3 is 5.97 Å². The molecule has 2 atom stereocenters. The largest absolute Gasteiger partial charge is 0.481 e. The molecule has 0 bridgehead atoms. The molecule has 1 fully saturated rings. The number of amides is 1. The molecule has 1 aromatic carbocycles. The van der Waals surface area contributed by atoms with Gasteiger partial charge in [-0.25, -0.2) is 0 Å². The molecule has 0 saturated carbocycles. The molecular formula is C18H26N2O3. The molecule has 1 heterocycles. The van der Waals surface area contributed by atoms with Gasteiger partial charge in [-0.3, -0.25) is 14.5 Å². The van der Waals surface area contributed by atoms with Crippen molar-refractivity contribution >= 4 is 11.9 Å². The van der Waals surface area contributed by atoms with Crippen molar-refractivity contribution < 1.29 is 14.7 Å². The topological polar surface area (TPSA) is 69.6 Å². The summed E-state index contributed by atoms with van der Waals surface area (Å²) in [6.45, 7) is 5.65. The highest BCUT2D eigenvalue weighted by Gasteiger charge is 2.40. The van der Waals surface area contributed by atoms with Gasteiger partial charge in [-0.2, -0.15) is 0 Å². The summed E-state index contributed by atoms with van der Waals surface area (Å²) in [5.74, 6) is -1.27. The van der Waals surface area contributed by atoms with Crippen LogP contribution in [0.25, 0.3) is 0 Å². The number of carboxylic acid groups (broad SMARTS) is 1. The number of nitrogens with zero attached hydrogens (tertiary/aromatic N) is 1. The van der Waals surface area contributed by atoms with Crippen molar-refractivity contribution in [2.24, 2.45) is 5.92 Å². The molecule has 126 valence electrons. The number of carboxylic acids is 1. The van der Waals surface area contributed by atoms with E-state index >= 15 is 0 Å². The Morgan fingerprint density at radius 1 is 1.35 bits per heavy atom. The fourth-order valence-electron chi connectivity index (χ4n) is 3.27. The summed E-state index contributed by atoms with van der Waals surface area (Å²) < 4.78 is 0. The summed E-state index contributed by atoms with van der Waals surface area (Å²) in [4.78, 5) is 25.7. The van der Waals surface area contributed by atoms with Crippen molar-refractivity contribution in [1.82, 2.24) is 10.2 Å². The Morgan fingerprint density at radius 3 is 2.74 bits per heavy atom. The highest BCUT2D eigenvalue weighted by Crippen LogP contribution is 2.38. The Balaban J connectivity index is 2.13. The van der Waals surface area contributed by atoms with E-state index in [1.165, 1.54) is 0 Å². The maximum Gasteiger partial charge on any atom is 0.308 e. The van der Waals surface area contributed by atoms with Gasteiger partial charge in [0.1, 0.15) is 0 Å². The molecule has 0 spiro atoms. The Hall–Kier alpha value is -1.88. The van der Waals surface area contributed by atoms with Crippen LogP contribution in [0.15, 0.2) is 24.3 Å². The van der Waals surface area contributed by atoms with E-state index in [2.05, 4.69) is 12.2 Å². The molecule has 1 aromatic rings. The van der Waals surface area contributed by atoms with E-state index in [1.54, 1.807) is 0 Å². The average molecular weight is 318 g/mol. The lowest BCUT2D eigenvalue weighted by Gasteiger charge is -2.28. The maximum absolute atomic E-state index is 12.1. The molecule has 2 rings (SSSR count). The standard InChI is InChI=1S/C18H26N2O3/c1-3-4-10-19-16(21)12-20-11-9-15(18(22)23)17(20)14-8-6-5-7-13(14)2/h5-8,15,17H,3-4,9-12H2,1-2H3,(H,19,21)(H,22,23). The zero-order chi connectivity index (χ0) is 16.8. The number of unbranched alkanes of at least 4 members (excludes halogenated alkanes) is 1. The third-order valence-electron chi connectivity index (χ3n) is 4.53. The van der Waals surface area contributed by atoms with Crippen LogP contribution in [0.3, 0.4) is 0 Å². The summed E-state index contributed by atoms with van der Waals surface area (Å²) in [6, 6.07) is 7.62. The first kappa shape index (κ1) is 17.5. The van der Waals surface area contributed by atoms with Crippen molar-refractivity contribution in [3.63, 3.8) is 0 Å². The van der Waals surface area contributed by atoms with Gasteiger partial charge in [0, 0.05) is 19.1 Å². The Kier molecular flexibility index (Phi) is 6.16. The van der Waals surface area contributed by atoms with Crippen LogP contribution in [0.5, 0.6) is 0 Å². The van der Waals surface area contributed by atoms with E-state index in [0.29, 0.717) is 19.5 Å². The fraction of sp³-hybridized carbons (Fsp3) is 0.556. The number of hydrogen-bond acceptors (Lipinski definition) is 3. The Bertz CT molecular complexity index is 559. The van der Waals surface area contributed by atoms with Crippen molar-refractivity contribution in [1.29, 1.82) is 0 Å². The lowest BCUT2D eigenvalue weighted by Crippen LogP contribution is -2.38. The molecule has 1 aliphatic rings. The zero-order valence-corrected chi connectivity index (χ0v) is 13.9. The van der Waals surface area contributed by atoms with Crippen molar-refractivity contribution in [2.45, 2.75) is 39.2 Å². The molecule has 2 unspecified atom stereocenters. The second-order valence-corrected chi connectivity index (χ2v) is 6.21. The van der Waals surface area contributed by atoms with Crippen LogP contribution in [0.4, 0.5) is 0 Å². The van der Waals surface area contributed by atoms with E-state index < -0.39 is 11.9 Å². The molecule has 1 saturated heterocycles. The number of aliphatic carboxylic acids is 1. The van der Waals surface area contributed by atoms with Crippen LogP contribution in [-0.2, 0) is 9.59 Å². The SMILES string of the molecule is CCCCNC(=O)CN1CCC(C(=O)O)C1c1ccccc1C. The number of benzene rings is 1. The van der Waals surface area contributed by atoms with Gasteiger partial charge in [0.15, 0.2) is 0 Å². The summed E-state index contributed by atoms with van der Waals surface area (Å²) in [5.41, 5.74) is 2.08. The number of carbonyl (C=O) groups excluding carboxylic acids is 1. The van der Waals surface area contributed by atoms with Crippen molar-refractivity contribution in [2.75, 3.05) is 19.6 Å². The first-order valence-electron chi connectivity index (χ1n) is 8.33. The quantitative estimate of drug-likeness (QED) is 0.757. The third-order valence-corrected chi connectivity index (χ3v) is 4.53. The highest BCUT2D eigenvalue weighted by atomic mass is 16.4. The van der Waals surface area contributed by atoms with Gasteiger partial charge in [-0.05, 0) is 30.9 Å². The molecule has 0 aliphatic carbocycles. The minimum atomic E-state index is -0.785. The number of rotatable bonds is 7. The van der Waals surface area contributed by atoms with Crippen LogP contribution in [0.1, 0.15) is 43.4 Å². The maximum atomic E-state index is 12.1. The second kappa shape index (κ2) is 8.11. The number of nitrogens with one attached hydrogen (secondary N) is 1. The van der Waals surface area contributed by atoms with E-state index in [1.807, 2.05) is 36.1 Å². The summed E-state index contributed by atoms with van der Waals surface area (Å²) in [6.07, 6.45) is 2.58. The monoisotopic (exact) mass is 318 g/mol. The van der Waals surface area contributed by atoms with Gasteiger partial charge in [-0.1, -0.05) is 37.6 Å². The van der Waals surface area contributed by atoms with Crippen molar-refractivity contribution in [3.8, 4) is 0 Å². The van der Waals surface area contributed by atoms with Gasteiger partial charge < -0.3 is 10.4 Å². The van der Waals surface area contributed by atoms with Crippen LogP contribution in [-0.4, -0.2) is 41.5 Å². The summed E-state index contributed by atoms with van der Waals surface area (Å²) in [7, 11) is 0. The summed E-state index contributed by atoms with van der Waals surface area (Å²) in [5, 5.41) is 12.4. The van der Waals surface area contributed by atoms with Crippen LogP contribution >= 0.6 is 0 Å². The van der Waals surface area contributed by atoms with Crippen molar-refractivity contribution in [3.05, 3.63) is 35.4 Å². The van der Waals surface area contributed by atoms with Gasteiger partial charge in [0.05, 0.1) is 12.5 Å². The number of carbonyl (C=O) groups is 2. The van der Waals surface area contributed by atoms with Crippen LogP contribution in [0, 0.1) is 12.8 Å². The number of likely N-dealkylation sites (tertiary alicyclic amines) is 1. The van der Waals surface area contributed by atoms with E-state index in [-0.39, 0.29) is 18.5 Å². The second-order valence-electron chi connectivity index (χ2n) is 6.21. The molecule has 1 amide bonds. The predicted molar refractivity (Wildman–Crippen MR) is 89.2 cm³/mol. The molecular weight excluding hydrogens is 292 g/mol. The smallest absolute Gasteiger partial charge is 0.308 e. The first-order valence-corrected chi connectivity index (χ1v) is 8.33. The minimum Gasteiger partial charge on any atom is -0.481 e. The Labute approximate surface area is 137 Å². The lowest BCUT2D eigenvalue weighted by molar-refractivity contribution is -0.143. The lowest BCUT2D eigenvalue weighted by atomic mass is 9.91. The molecule has 5 heteroatoms. The number of aryl methyl sites for hydroxylation is 1. The first-order chi connectivity index (χ1) is 11.0. The fourth-order valence-corrected chi connectivity index (χ4v) is 3.27. The zero-order valence-electron chi connectivity index (χ0n) is 13.9. The third kappa shape index (κ3) is 4.32. The van der Waals surface area contributed by atoms with Gasteiger partial charge in [-0.15, -0.1) is 0 Å². The molecule has 23 heavy (non-hydrogen) atoms. The molecule has 1 aliphatic heterocycles. The van der Waals surface area contributed by atoms with Gasteiger partial charge in [0.25, 0.3) is 0 Å². The molecule has 2 N–H and O–H groups in total. The molecule has 5 nitrogen and oxygen atoms in total. The van der Waals surface area contributed by atoms with Crippen LogP contribution < -0.4 is 5.32 Å². The van der Waals surface area contributed by atoms with E-state index in [9.17, 15) is 14.7 Å². The van der Waals surface area contributed by atoms with Gasteiger partial charge in [0.2, 0.25) is 5.91 Å². The molecule has 0 radical (unpaired) electrons. The number of hydrogen-bond donors (Lipinski definition) is 2. The Morgan fingerprint density at radius 2 is 2.09 bits per heavy atom. The minimum absolute atomic E-state index is 0.0249. The predicted octanol–water partition coefficient (Wildman–Crippen LogP) is 2.36. The molecule has 0 aromatic heterocycles. The highest BCUT2D eigenvalue weighted by molar-refractivity contribution is 5.78. The van der Waals surface area contributed by atoms with Crippen LogP contribution in [0.2, 0.25) is 0 Å². The average Bonchev–Trinajstić information content (AvgIpc) is 2.91. The van der Waals surface area contributed by atoms with E-state index in [0.717, 1.165) is 24.0 Å². The summed E-state index contributed by atoms with van der Waals surface area (Å²) >= 11 is 0. The van der Waals surface area contributed by atoms with E-state index in [4.69, 9.17) is 0 Å². The normalized spacial score (nSPS) is 21.3.